The maximum absolute atomic E-state index is 14.2. The molecule has 0 radical (unpaired) electrons. The highest BCUT2D eigenvalue weighted by atomic mass is 19.1. The number of carbonyl (C=O) groups is 1. The molecule has 0 amide bonds. The first-order valence-electron chi connectivity index (χ1n) is 7.78. The molecule has 0 heterocycles. The number of carboxylic acids is 1. The van der Waals surface area contributed by atoms with E-state index in [0.29, 0.717) is 30.9 Å². The lowest BCUT2D eigenvalue weighted by Gasteiger charge is -2.26. The molecule has 0 unspecified atom stereocenters. The standard InChI is InChI=1S/C17H21FO3/c18-14-10-13(17(16(19)20)8-1-2-9-17)6-7-15(14)21-11-12-4-3-5-12/h6-7,10,12H,1-5,8-9,11H2,(H,19,20). The second-order valence-electron chi connectivity index (χ2n) is 6.35. The Labute approximate surface area is 124 Å². The molecule has 0 atom stereocenters. The van der Waals surface area contributed by atoms with E-state index in [9.17, 15) is 14.3 Å². The summed E-state index contributed by atoms with van der Waals surface area (Å²) >= 11 is 0. The van der Waals surface area contributed by atoms with E-state index in [4.69, 9.17) is 4.74 Å². The summed E-state index contributed by atoms with van der Waals surface area (Å²) in [4.78, 5) is 11.6. The van der Waals surface area contributed by atoms with E-state index in [1.54, 1.807) is 12.1 Å². The van der Waals surface area contributed by atoms with Crippen molar-refractivity contribution in [2.75, 3.05) is 6.61 Å². The van der Waals surface area contributed by atoms with Gasteiger partial charge in [-0.25, -0.2) is 4.39 Å². The summed E-state index contributed by atoms with van der Waals surface area (Å²) in [6, 6.07) is 4.67. The van der Waals surface area contributed by atoms with Crippen LogP contribution in [0.15, 0.2) is 18.2 Å². The van der Waals surface area contributed by atoms with Gasteiger partial charge in [-0.1, -0.05) is 25.3 Å². The van der Waals surface area contributed by atoms with Crippen LogP contribution < -0.4 is 4.74 Å². The zero-order valence-electron chi connectivity index (χ0n) is 12.1. The van der Waals surface area contributed by atoms with Crippen molar-refractivity contribution >= 4 is 5.97 Å². The fourth-order valence-corrected chi connectivity index (χ4v) is 3.39. The Morgan fingerprint density at radius 1 is 1.29 bits per heavy atom. The summed E-state index contributed by atoms with van der Waals surface area (Å²) in [5, 5.41) is 9.54. The number of ether oxygens (including phenoxy) is 1. The summed E-state index contributed by atoms with van der Waals surface area (Å²) in [5.74, 6) is -0.504. The van der Waals surface area contributed by atoms with Gasteiger partial charge in [-0.2, -0.15) is 0 Å². The molecule has 21 heavy (non-hydrogen) atoms. The zero-order chi connectivity index (χ0) is 14.9. The summed E-state index contributed by atoms with van der Waals surface area (Å²) in [6.07, 6.45) is 6.48. The molecule has 3 rings (SSSR count). The predicted molar refractivity (Wildman–Crippen MR) is 77.0 cm³/mol. The van der Waals surface area contributed by atoms with E-state index in [-0.39, 0.29) is 5.75 Å². The van der Waals surface area contributed by atoms with Crippen LogP contribution in [0.1, 0.15) is 50.5 Å². The topological polar surface area (TPSA) is 46.5 Å². The highest BCUT2D eigenvalue weighted by Crippen LogP contribution is 2.42. The van der Waals surface area contributed by atoms with Crippen LogP contribution in [0.25, 0.3) is 0 Å². The summed E-state index contributed by atoms with van der Waals surface area (Å²) in [6.45, 7) is 0.556. The fraction of sp³-hybridized carbons (Fsp3) is 0.588. The molecule has 0 aliphatic heterocycles. The molecule has 1 aromatic rings. The molecule has 2 saturated carbocycles. The highest BCUT2D eigenvalue weighted by Gasteiger charge is 2.43. The van der Waals surface area contributed by atoms with Gasteiger partial charge in [-0.15, -0.1) is 0 Å². The summed E-state index contributed by atoms with van der Waals surface area (Å²) < 4.78 is 19.7. The first kappa shape index (κ1) is 14.4. The summed E-state index contributed by atoms with van der Waals surface area (Å²) in [7, 11) is 0. The minimum Gasteiger partial charge on any atom is -0.490 e. The van der Waals surface area contributed by atoms with Gasteiger partial charge in [0.25, 0.3) is 0 Å². The fourth-order valence-electron chi connectivity index (χ4n) is 3.39. The van der Waals surface area contributed by atoms with Gasteiger partial charge in [0, 0.05) is 0 Å². The number of aliphatic carboxylic acids is 1. The smallest absolute Gasteiger partial charge is 0.314 e. The van der Waals surface area contributed by atoms with Crippen LogP contribution in [-0.4, -0.2) is 17.7 Å². The van der Waals surface area contributed by atoms with Crippen molar-refractivity contribution in [2.24, 2.45) is 5.92 Å². The third kappa shape index (κ3) is 2.63. The van der Waals surface area contributed by atoms with E-state index >= 15 is 0 Å². The average molecular weight is 292 g/mol. The second-order valence-corrected chi connectivity index (χ2v) is 6.35. The lowest BCUT2D eigenvalue weighted by atomic mass is 9.79. The number of hydrogen-bond donors (Lipinski definition) is 1. The quantitative estimate of drug-likeness (QED) is 0.895. The molecule has 0 aromatic heterocycles. The van der Waals surface area contributed by atoms with Gasteiger partial charge in [0.1, 0.15) is 0 Å². The number of halogens is 1. The average Bonchev–Trinajstić information content (AvgIpc) is 2.89. The van der Waals surface area contributed by atoms with Crippen molar-refractivity contribution < 1.29 is 19.0 Å². The minimum atomic E-state index is -0.909. The first-order chi connectivity index (χ1) is 10.1. The number of benzene rings is 1. The third-order valence-electron chi connectivity index (χ3n) is 5.05. The minimum absolute atomic E-state index is 0.240. The number of rotatable bonds is 5. The molecule has 3 nitrogen and oxygen atoms in total. The molecule has 0 saturated heterocycles. The van der Waals surface area contributed by atoms with Crippen molar-refractivity contribution in [3.05, 3.63) is 29.6 Å². The molecule has 4 heteroatoms. The molecule has 0 bridgehead atoms. The van der Waals surface area contributed by atoms with E-state index < -0.39 is 17.2 Å². The van der Waals surface area contributed by atoms with E-state index in [1.807, 2.05) is 0 Å². The maximum atomic E-state index is 14.2. The van der Waals surface area contributed by atoms with Crippen LogP contribution in [0, 0.1) is 11.7 Å². The predicted octanol–water partition coefficient (Wildman–Crippen LogP) is 3.90. The molecule has 2 fully saturated rings. The van der Waals surface area contributed by atoms with Crippen LogP contribution in [0.4, 0.5) is 4.39 Å². The zero-order valence-corrected chi connectivity index (χ0v) is 12.1. The van der Waals surface area contributed by atoms with Gasteiger partial charge < -0.3 is 9.84 Å². The van der Waals surface area contributed by atoms with Gasteiger partial charge in [0.15, 0.2) is 11.6 Å². The van der Waals surface area contributed by atoms with Gasteiger partial charge in [-0.05, 0) is 49.3 Å². The van der Waals surface area contributed by atoms with E-state index in [0.717, 1.165) is 25.7 Å². The molecular weight excluding hydrogens is 271 g/mol. The molecule has 0 spiro atoms. The van der Waals surface area contributed by atoms with Gasteiger partial charge in [-0.3, -0.25) is 4.79 Å². The maximum Gasteiger partial charge on any atom is 0.314 e. The molecule has 1 aromatic carbocycles. The number of carboxylic acid groups (broad SMARTS) is 1. The summed E-state index contributed by atoms with van der Waals surface area (Å²) in [5.41, 5.74) is -0.339. The van der Waals surface area contributed by atoms with Crippen molar-refractivity contribution in [1.82, 2.24) is 0 Å². The Balaban J connectivity index is 1.77. The Morgan fingerprint density at radius 2 is 2.00 bits per heavy atom. The lowest BCUT2D eigenvalue weighted by Crippen LogP contribution is -2.32. The largest absolute Gasteiger partial charge is 0.490 e. The molecule has 2 aliphatic rings. The van der Waals surface area contributed by atoms with E-state index in [2.05, 4.69) is 0 Å². The van der Waals surface area contributed by atoms with Crippen LogP contribution >= 0.6 is 0 Å². The first-order valence-corrected chi connectivity index (χ1v) is 7.78. The van der Waals surface area contributed by atoms with Crippen molar-refractivity contribution in [2.45, 2.75) is 50.4 Å². The number of hydrogen-bond acceptors (Lipinski definition) is 2. The van der Waals surface area contributed by atoms with Crippen LogP contribution in [0.3, 0.4) is 0 Å². The Kier molecular flexibility index (Phi) is 3.87. The van der Waals surface area contributed by atoms with Crippen LogP contribution in [0.5, 0.6) is 5.75 Å². The van der Waals surface area contributed by atoms with E-state index in [1.165, 1.54) is 12.5 Å². The lowest BCUT2D eigenvalue weighted by molar-refractivity contribution is -0.143. The SMILES string of the molecule is O=C(O)C1(c2ccc(OCC3CCC3)c(F)c2)CCCC1. The van der Waals surface area contributed by atoms with Gasteiger partial charge >= 0.3 is 5.97 Å². The highest BCUT2D eigenvalue weighted by molar-refractivity contribution is 5.81. The molecule has 2 aliphatic carbocycles. The molecule has 114 valence electrons. The molecular formula is C17H21FO3. The Morgan fingerprint density at radius 3 is 2.52 bits per heavy atom. The van der Waals surface area contributed by atoms with Crippen LogP contribution in [0.2, 0.25) is 0 Å². The van der Waals surface area contributed by atoms with Crippen molar-refractivity contribution in [1.29, 1.82) is 0 Å². The van der Waals surface area contributed by atoms with Crippen LogP contribution in [-0.2, 0) is 10.2 Å². The normalized spacial score (nSPS) is 21.0. The second kappa shape index (κ2) is 5.66. The van der Waals surface area contributed by atoms with Crippen molar-refractivity contribution in [3.63, 3.8) is 0 Å². The van der Waals surface area contributed by atoms with Gasteiger partial charge in [0.2, 0.25) is 0 Å². The Hall–Kier alpha value is -1.58. The monoisotopic (exact) mass is 292 g/mol. The molecule has 1 N–H and O–H groups in total. The van der Waals surface area contributed by atoms with Gasteiger partial charge in [0.05, 0.1) is 12.0 Å². The van der Waals surface area contributed by atoms with Crippen molar-refractivity contribution in [3.8, 4) is 5.75 Å². The third-order valence-corrected chi connectivity index (χ3v) is 5.05. The Bertz CT molecular complexity index is 531.